The van der Waals surface area contributed by atoms with Crippen LogP contribution in [0.5, 0.6) is 0 Å². The SMILES string of the molecule is CNC.Cc1cc(CCN)ccc1N(C)C. The lowest BCUT2D eigenvalue weighted by Crippen LogP contribution is -2.10. The fourth-order valence-electron chi connectivity index (χ4n) is 1.54. The van der Waals surface area contributed by atoms with Crippen LogP contribution in [0.3, 0.4) is 0 Å². The average Bonchev–Trinajstić information content (AvgIpc) is 2.18. The summed E-state index contributed by atoms with van der Waals surface area (Å²) in [6, 6.07) is 6.51. The van der Waals surface area contributed by atoms with Crippen molar-refractivity contribution in [2.45, 2.75) is 13.3 Å². The lowest BCUT2D eigenvalue weighted by Gasteiger charge is -2.16. The zero-order chi connectivity index (χ0) is 12.6. The number of nitrogens with two attached hydrogens (primary N) is 1. The largest absolute Gasteiger partial charge is 0.377 e. The van der Waals surface area contributed by atoms with E-state index in [0.29, 0.717) is 0 Å². The second-order valence-corrected chi connectivity index (χ2v) is 4.05. The molecule has 0 atom stereocenters. The molecule has 0 aliphatic carbocycles. The summed E-state index contributed by atoms with van der Waals surface area (Å²) in [5.41, 5.74) is 9.42. The summed E-state index contributed by atoms with van der Waals surface area (Å²) in [4.78, 5) is 2.13. The molecule has 0 fully saturated rings. The third kappa shape index (κ3) is 5.14. The van der Waals surface area contributed by atoms with Crippen LogP contribution in [0.1, 0.15) is 11.1 Å². The summed E-state index contributed by atoms with van der Waals surface area (Å²) in [7, 11) is 7.87. The first-order chi connectivity index (χ1) is 7.56. The summed E-state index contributed by atoms with van der Waals surface area (Å²) < 4.78 is 0. The van der Waals surface area contributed by atoms with Crippen molar-refractivity contribution in [3.05, 3.63) is 29.3 Å². The highest BCUT2D eigenvalue weighted by Gasteiger charge is 2.00. The van der Waals surface area contributed by atoms with Crippen molar-refractivity contribution in [3.63, 3.8) is 0 Å². The van der Waals surface area contributed by atoms with E-state index >= 15 is 0 Å². The van der Waals surface area contributed by atoms with Gasteiger partial charge in [-0.3, -0.25) is 0 Å². The first-order valence-corrected chi connectivity index (χ1v) is 5.62. The molecule has 1 aromatic carbocycles. The first kappa shape index (κ1) is 14.9. The van der Waals surface area contributed by atoms with E-state index in [0.717, 1.165) is 13.0 Å². The van der Waals surface area contributed by atoms with Gasteiger partial charge in [0.25, 0.3) is 0 Å². The van der Waals surface area contributed by atoms with E-state index in [2.05, 4.69) is 49.4 Å². The third-order valence-electron chi connectivity index (χ3n) is 2.18. The normalized spacial score (nSPS) is 9.38. The zero-order valence-corrected chi connectivity index (χ0v) is 11.2. The van der Waals surface area contributed by atoms with Gasteiger partial charge in [-0.2, -0.15) is 0 Å². The molecule has 0 aliphatic rings. The van der Waals surface area contributed by atoms with Crippen LogP contribution in [0.15, 0.2) is 18.2 Å². The maximum atomic E-state index is 5.50. The fraction of sp³-hybridized carbons (Fsp3) is 0.538. The molecular formula is C13H25N3. The van der Waals surface area contributed by atoms with Gasteiger partial charge in [0.05, 0.1) is 0 Å². The van der Waals surface area contributed by atoms with Gasteiger partial charge in [0.15, 0.2) is 0 Å². The highest BCUT2D eigenvalue weighted by atomic mass is 15.1. The number of nitrogens with zero attached hydrogens (tertiary/aromatic N) is 1. The molecule has 3 heteroatoms. The molecule has 1 aromatic rings. The Bertz CT molecular complexity index is 295. The molecule has 0 bridgehead atoms. The fourth-order valence-corrected chi connectivity index (χ4v) is 1.54. The number of rotatable bonds is 3. The summed E-state index contributed by atoms with van der Waals surface area (Å²) >= 11 is 0. The highest BCUT2D eigenvalue weighted by molar-refractivity contribution is 5.53. The summed E-state index contributed by atoms with van der Waals surface area (Å²) in [6.07, 6.45) is 0.967. The molecule has 1 rings (SSSR count). The summed E-state index contributed by atoms with van der Waals surface area (Å²) in [6.45, 7) is 2.86. The molecule has 3 nitrogen and oxygen atoms in total. The molecule has 0 saturated heterocycles. The minimum absolute atomic E-state index is 0.723. The van der Waals surface area contributed by atoms with Crippen LogP contribution in [-0.2, 0) is 6.42 Å². The molecule has 0 saturated carbocycles. The topological polar surface area (TPSA) is 41.3 Å². The molecule has 0 spiro atoms. The van der Waals surface area contributed by atoms with E-state index in [-0.39, 0.29) is 0 Å². The average molecular weight is 223 g/mol. The van der Waals surface area contributed by atoms with Crippen molar-refractivity contribution >= 4 is 5.69 Å². The van der Waals surface area contributed by atoms with Crippen LogP contribution < -0.4 is 16.0 Å². The number of anilines is 1. The number of hydrogen-bond donors (Lipinski definition) is 2. The van der Waals surface area contributed by atoms with E-state index in [9.17, 15) is 0 Å². The molecule has 16 heavy (non-hydrogen) atoms. The zero-order valence-electron chi connectivity index (χ0n) is 11.2. The van der Waals surface area contributed by atoms with Crippen LogP contribution in [0.4, 0.5) is 5.69 Å². The van der Waals surface area contributed by atoms with E-state index in [1.807, 2.05) is 14.1 Å². The van der Waals surface area contributed by atoms with Gasteiger partial charge in [-0.1, -0.05) is 12.1 Å². The third-order valence-corrected chi connectivity index (χ3v) is 2.18. The van der Waals surface area contributed by atoms with Crippen LogP contribution >= 0.6 is 0 Å². The second-order valence-electron chi connectivity index (χ2n) is 4.05. The minimum Gasteiger partial charge on any atom is -0.377 e. The van der Waals surface area contributed by atoms with Gasteiger partial charge < -0.3 is 16.0 Å². The second kappa shape index (κ2) is 8.13. The Morgan fingerprint density at radius 3 is 2.19 bits per heavy atom. The minimum atomic E-state index is 0.723. The Balaban J connectivity index is 0.000000673. The van der Waals surface area contributed by atoms with Gasteiger partial charge in [0.1, 0.15) is 0 Å². The van der Waals surface area contributed by atoms with Crippen LogP contribution in [0, 0.1) is 6.92 Å². The van der Waals surface area contributed by atoms with E-state index in [1.165, 1.54) is 16.8 Å². The molecule has 0 aliphatic heterocycles. The molecule has 3 N–H and O–H groups in total. The monoisotopic (exact) mass is 223 g/mol. The lowest BCUT2D eigenvalue weighted by molar-refractivity contribution is 0.964. The Morgan fingerprint density at radius 1 is 1.25 bits per heavy atom. The summed E-state index contributed by atoms with van der Waals surface area (Å²) in [5.74, 6) is 0. The highest BCUT2D eigenvalue weighted by Crippen LogP contribution is 2.18. The van der Waals surface area contributed by atoms with Crippen molar-refractivity contribution < 1.29 is 0 Å². The van der Waals surface area contributed by atoms with Crippen molar-refractivity contribution in [2.24, 2.45) is 5.73 Å². The van der Waals surface area contributed by atoms with Gasteiger partial charge in [0.2, 0.25) is 0 Å². The predicted octanol–water partition coefficient (Wildman–Crippen LogP) is 1.40. The molecular weight excluding hydrogens is 198 g/mol. The van der Waals surface area contributed by atoms with Crippen molar-refractivity contribution in [2.75, 3.05) is 39.6 Å². The Labute approximate surface area is 99.6 Å². The quantitative estimate of drug-likeness (QED) is 0.814. The van der Waals surface area contributed by atoms with Gasteiger partial charge >= 0.3 is 0 Å². The van der Waals surface area contributed by atoms with E-state index in [4.69, 9.17) is 5.73 Å². The van der Waals surface area contributed by atoms with Crippen molar-refractivity contribution in [1.29, 1.82) is 0 Å². The number of hydrogen-bond acceptors (Lipinski definition) is 3. The number of aryl methyl sites for hydroxylation is 1. The first-order valence-electron chi connectivity index (χ1n) is 5.62. The van der Waals surface area contributed by atoms with Gasteiger partial charge in [-0.05, 0) is 51.2 Å². The Hall–Kier alpha value is -1.06. The number of benzene rings is 1. The molecule has 0 amide bonds. The standard InChI is InChI=1S/C11H18N2.C2H7N/c1-9-8-10(6-7-12)4-5-11(9)13(2)3;1-3-2/h4-5,8H,6-7,12H2,1-3H3;3H,1-2H3. The van der Waals surface area contributed by atoms with E-state index < -0.39 is 0 Å². The maximum Gasteiger partial charge on any atom is 0.0390 e. The van der Waals surface area contributed by atoms with Crippen LogP contribution in [-0.4, -0.2) is 34.7 Å². The molecule has 0 heterocycles. The van der Waals surface area contributed by atoms with Crippen molar-refractivity contribution in [3.8, 4) is 0 Å². The van der Waals surface area contributed by atoms with Crippen LogP contribution in [0.2, 0.25) is 0 Å². The molecule has 0 radical (unpaired) electrons. The molecule has 0 unspecified atom stereocenters. The Kier molecular flexibility index (Phi) is 7.60. The van der Waals surface area contributed by atoms with Gasteiger partial charge in [-0.25, -0.2) is 0 Å². The van der Waals surface area contributed by atoms with Gasteiger partial charge in [0, 0.05) is 19.8 Å². The van der Waals surface area contributed by atoms with E-state index in [1.54, 1.807) is 0 Å². The predicted molar refractivity (Wildman–Crippen MR) is 73.2 cm³/mol. The molecule has 92 valence electrons. The maximum absolute atomic E-state index is 5.50. The lowest BCUT2D eigenvalue weighted by atomic mass is 10.1. The Morgan fingerprint density at radius 2 is 1.81 bits per heavy atom. The smallest absolute Gasteiger partial charge is 0.0390 e. The van der Waals surface area contributed by atoms with Crippen LogP contribution in [0.25, 0.3) is 0 Å². The van der Waals surface area contributed by atoms with Crippen molar-refractivity contribution in [1.82, 2.24) is 5.32 Å². The number of nitrogens with one attached hydrogen (secondary N) is 1. The molecule has 0 aromatic heterocycles. The van der Waals surface area contributed by atoms with Gasteiger partial charge in [-0.15, -0.1) is 0 Å². The summed E-state index contributed by atoms with van der Waals surface area (Å²) in [5, 5.41) is 2.75.